The lowest BCUT2D eigenvalue weighted by atomic mass is 10.2. The number of anilines is 1. The molecule has 2 N–H and O–H groups in total. The molecule has 7 nitrogen and oxygen atoms in total. The van der Waals surface area contributed by atoms with Crippen molar-refractivity contribution in [3.8, 4) is 5.75 Å². The third kappa shape index (κ3) is 6.24. The van der Waals surface area contributed by atoms with Crippen molar-refractivity contribution in [3.05, 3.63) is 52.5 Å². The number of rotatable bonds is 8. The smallest absolute Gasteiger partial charge is 0.261 e. The summed E-state index contributed by atoms with van der Waals surface area (Å²) in [5, 5.41) is 3.32. The molecule has 0 bridgehead atoms. The molecule has 2 aromatic carbocycles. The number of sulfonamides is 1. The SMILES string of the molecule is O=C(COc1ccc(S(=O)(=O)Nc2ccc(Cl)c(Cl)c2)cc1)NC[C@H]1CCCO1. The number of ether oxygens (including phenoxy) is 2. The van der Waals surface area contributed by atoms with Gasteiger partial charge >= 0.3 is 0 Å². The van der Waals surface area contributed by atoms with Crippen LogP contribution in [-0.2, 0) is 19.6 Å². The minimum Gasteiger partial charge on any atom is -0.484 e. The number of carbonyl (C=O) groups excluding carboxylic acids is 1. The summed E-state index contributed by atoms with van der Waals surface area (Å²) in [6.45, 7) is 1.02. The van der Waals surface area contributed by atoms with Crippen LogP contribution in [0, 0.1) is 0 Å². The maximum Gasteiger partial charge on any atom is 0.261 e. The van der Waals surface area contributed by atoms with Gasteiger partial charge in [0.15, 0.2) is 6.61 Å². The monoisotopic (exact) mass is 458 g/mol. The maximum absolute atomic E-state index is 12.5. The van der Waals surface area contributed by atoms with Crippen LogP contribution in [0.1, 0.15) is 12.8 Å². The summed E-state index contributed by atoms with van der Waals surface area (Å²) < 4.78 is 38.2. The van der Waals surface area contributed by atoms with Crippen molar-refractivity contribution in [1.29, 1.82) is 0 Å². The second-order valence-corrected chi connectivity index (χ2v) is 8.93. The van der Waals surface area contributed by atoms with E-state index < -0.39 is 10.0 Å². The Bertz CT molecular complexity index is 961. The first kappa shape index (κ1) is 21.7. The zero-order valence-corrected chi connectivity index (χ0v) is 17.7. The summed E-state index contributed by atoms with van der Waals surface area (Å²) in [6.07, 6.45) is 2.01. The molecule has 1 amide bonds. The minimum atomic E-state index is -3.81. The van der Waals surface area contributed by atoms with Crippen LogP contribution < -0.4 is 14.8 Å². The number of amides is 1. The highest BCUT2D eigenvalue weighted by molar-refractivity contribution is 7.92. The number of nitrogens with one attached hydrogen (secondary N) is 2. The predicted octanol–water partition coefficient (Wildman–Crippen LogP) is 3.47. The van der Waals surface area contributed by atoms with Gasteiger partial charge in [0.2, 0.25) is 0 Å². The molecule has 0 spiro atoms. The van der Waals surface area contributed by atoms with Gasteiger partial charge in [-0.15, -0.1) is 0 Å². The Morgan fingerprint density at radius 3 is 2.55 bits per heavy atom. The van der Waals surface area contributed by atoms with Crippen molar-refractivity contribution < 1.29 is 22.7 Å². The van der Waals surface area contributed by atoms with Crippen molar-refractivity contribution in [1.82, 2.24) is 5.32 Å². The zero-order valence-electron chi connectivity index (χ0n) is 15.4. The Hall–Kier alpha value is -2.00. The van der Waals surface area contributed by atoms with Gasteiger partial charge in [-0.05, 0) is 55.3 Å². The molecule has 1 saturated heterocycles. The number of halogens is 2. The van der Waals surface area contributed by atoms with Gasteiger partial charge in [-0.2, -0.15) is 0 Å². The van der Waals surface area contributed by atoms with Crippen molar-refractivity contribution in [3.63, 3.8) is 0 Å². The molecule has 1 atom stereocenters. The number of benzene rings is 2. The standard InChI is InChI=1S/C19H20Cl2N2O5S/c20-17-8-3-13(10-18(17)21)23-29(25,26)16-6-4-14(5-7-16)28-12-19(24)22-11-15-2-1-9-27-15/h3-8,10,15,23H,1-2,9,11-12H2,(H,22,24)/t15-/m1/s1. The van der Waals surface area contributed by atoms with Crippen LogP contribution in [0.4, 0.5) is 5.69 Å². The van der Waals surface area contributed by atoms with Crippen molar-refractivity contribution in [2.45, 2.75) is 23.8 Å². The highest BCUT2D eigenvalue weighted by Gasteiger charge is 2.17. The van der Waals surface area contributed by atoms with Gasteiger partial charge in [0.25, 0.3) is 15.9 Å². The topological polar surface area (TPSA) is 93.7 Å². The zero-order chi connectivity index (χ0) is 20.9. The van der Waals surface area contributed by atoms with Crippen molar-refractivity contribution in [2.75, 3.05) is 24.5 Å². The molecule has 0 aromatic heterocycles. The summed E-state index contributed by atoms with van der Waals surface area (Å²) in [5.41, 5.74) is 0.294. The molecule has 1 heterocycles. The van der Waals surface area contributed by atoms with Crippen LogP contribution in [0.5, 0.6) is 5.75 Å². The molecule has 0 saturated carbocycles. The average Bonchev–Trinajstić information content (AvgIpc) is 3.21. The fraction of sp³-hybridized carbons (Fsp3) is 0.316. The molecule has 1 aliphatic rings. The largest absolute Gasteiger partial charge is 0.484 e. The second kappa shape index (κ2) is 9.67. The fourth-order valence-corrected chi connectivity index (χ4v) is 4.07. The van der Waals surface area contributed by atoms with E-state index in [0.717, 1.165) is 19.4 Å². The second-order valence-electron chi connectivity index (χ2n) is 6.43. The van der Waals surface area contributed by atoms with E-state index in [1.54, 1.807) is 0 Å². The van der Waals surface area contributed by atoms with Gasteiger partial charge in [-0.1, -0.05) is 23.2 Å². The lowest BCUT2D eigenvalue weighted by molar-refractivity contribution is -0.123. The molecular formula is C19H20Cl2N2O5S. The van der Waals surface area contributed by atoms with Gasteiger partial charge in [0.05, 0.1) is 26.7 Å². The summed E-state index contributed by atoms with van der Waals surface area (Å²) in [7, 11) is -3.81. The van der Waals surface area contributed by atoms with Gasteiger partial charge in [0, 0.05) is 13.2 Å². The maximum atomic E-state index is 12.5. The summed E-state index contributed by atoms with van der Waals surface area (Å²) in [5.74, 6) is 0.115. The van der Waals surface area contributed by atoms with E-state index in [1.807, 2.05) is 0 Å². The molecule has 2 aromatic rings. The van der Waals surface area contributed by atoms with E-state index in [4.69, 9.17) is 32.7 Å². The molecule has 0 aliphatic carbocycles. The highest BCUT2D eigenvalue weighted by Crippen LogP contribution is 2.27. The third-order valence-corrected chi connectivity index (χ3v) is 6.36. The number of hydrogen-bond acceptors (Lipinski definition) is 5. The van der Waals surface area contributed by atoms with E-state index in [-0.39, 0.29) is 28.5 Å². The van der Waals surface area contributed by atoms with Gasteiger partial charge in [-0.25, -0.2) is 8.42 Å². The molecule has 0 radical (unpaired) electrons. The van der Waals surface area contributed by atoms with E-state index >= 15 is 0 Å². The first-order chi connectivity index (χ1) is 13.8. The molecule has 1 fully saturated rings. The predicted molar refractivity (Wildman–Crippen MR) is 111 cm³/mol. The number of hydrogen-bond donors (Lipinski definition) is 2. The minimum absolute atomic E-state index is 0.0405. The van der Waals surface area contributed by atoms with Crippen LogP contribution >= 0.6 is 23.2 Å². The summed E-state index contributed by atoms with van der Waals surface area (Å²) >= 11 is 11.7. The molecule has 29 heavy (non-hydrogen) atoms. The van der Waals surface area contributed by atoms with E-state index in [0.29, 0.717) is 23.0 Å². The van der Waals surface area contributed by atoms with E-state index in [2.05, 4.69) is 10.0 Å². The quantitative estimate of drug-likeness (QED) is 0.631. The van der Waals surface area contributed by atoms with Crippen molar-refractivity contribution in [2.24, 2.45) is 0 Å². The van der Waals surface area contributed by atoms with Gasteiger partial charge < -0.3 is 14.8 Å². The highest BCUT2D eigenvalue weighted by atomic mass is 35.5. The first-order valence-electron chi connectivity index (χ1n) is 8.92. The van der Waals surface area contributed by atoms with Crippen LogP contribution in [0.2, 0.25) is 10.0 Å². The lowest BCUT2D eigenvalue weighted by Gasteiger charge is -2.12. The van der Waals surface area contributed by atoms with E-state index in [1.165, 1.54) is 42.5 Å². The molecular weight excluding hydrogens is 439 g/mol. The Morgan fingerprint density at radius 2 is 1.90 bits per heavy atom. The Kier molecular flexibility index (Phi) is 7.23. The third-order valence-electron chi connectivity index (χ3n) is 4.23. The Morgan fingerprint density at radius 1 is 1.14 bits per heavy atom. The Balaban J connectivity index is 1.53. The molecule has 3 rings (SSSR count). The van der Waals surface area contributed by atoms with Crippen LogP contribution in [0.3, 0.4) is 0 Å². The first-order valence-corrected chi connectivity index (χ1v) is 11.2. The normalized spacial score (nSPS) is 16.4. The van der Waals surface area contributed by atoms with Crippen LogP contribution in [0.15, 0.2) is 47.4 Å². The summed E-state index contributed by atoms with van der Waals surface area (Å²) in [6, 6.07) is 10.2. The van der Waals surface area contributed by atoms with Gasteiger partial charge in [0.1, 0.15) is 5.75 Å². The number of carbonyl (C=O) groups is 1. The lowest BCUT2D eigenvalue weighted by Crippen LogP contribution is -2.35. The van der Waals surface area contributed by atoms with Crippen molar-refractivity contribution >= 4 is 44.8 Å². The average molecular weight is 459 g/mol. The van der Waals surface area contributed by atoms with Crippen LogP contribution in [0.25, 0.3) is 0 Å². The molecule has 10 heteroatoms. The molecule has 0 unspecified atom stereocenters. The molecule has 156 valence electrons. The fourth-order valence-electron chi connectivity index (χ4n) is 2.72. The molecule has 1 aliphatic heterocycles. The van der Waals surface area contributed by atoms with Crippen LogP contribution in [-0.4, -0.2) is 40.2 Å². The van der Waals surface area contributed by atoms with Gasteiger partial charge in [-0.3, -0.25) is 9.52 Å². The van der Waals surface area contributed by atoms with E-state index in [9.17, 15) is 13.2 Å². The summed E-state index contributed by atoms with van der Waals surface area (Å²) in [4.78, 5) is 11.9. The Labute approximate surface area is 179 Å².